The Labute approximate surface area is 225 Å². The summed E-state index contributed by atoms with van der Waals surface area (Å²) in [5.41, 5.74) is 6.94. The molecule has 3 heterocycles. The number of benzene rings is 1. The minimum atomic E-state index is -3.21. The van der Waals surface area contributed by atoms with Crippen LogP contribution in [0.4, 0.5) is 11.8 Å². The second kappa shape index (κ2) is 12.1. The van der Waals surface area contributed by atoms with Crippen LogP contribution in [-0.4, -0.2) is 57.9 Å². The van der Waals surface area contributed by atoms with Gasteiger partial charge in [-0.15, -0.1) is 6.42 Å². The van der Waals surface area contributed by atoms with Gasteiger partial charge in [-0.3, -0.25) is 9.36 Å². The fourth-order valence-electron chi connectivity index (χ4n) is 4.01. The molecule has 1 aromatic carbocycles. The molecule has 2 aromatic heterocycles. The normalized spacial score (nSPS) is 21.4. The molecule has 5 atom stereocenters. The molecule has 3 aromatic rings. The molecule has 1 fully saturated rings. The van der Waals surface area contributed by atoms with E-state index in [1.165, 1.54) is 0 Å². The Morgan fingerprint density at radius 3 is 2.84 bits per heavy atom. The van der Waals surface area contributed by atoms with Gasteiger partial charge in [0.1, 0.15) is 11.8 Å². The van der Waals surface area contributed by atoms with Crippen LogP contribution in [0.25, 0.3) is 11.2 Å². The van der Waals surface area contributed by atoms with Gasteiger partial charge in [-0.05, 0) is 44.2 Å². The second-order valence-corrected chi connectivity index (χ2v) is 11.6. The molecule has 12 nitrogen and oxygen atoms in total. The monoisotopic (exact) mass is 559 g/mol. The lowest BCUT2D eigenvalue weighted by atomic mass is 10.0. The zero-order chi connectivity index (χ0) is 27.3. The van der Waals surface area contributed by atoms with Crippen molar-refractivity contribution in [2.75, 3.05) is 31.3 Å². The van der Waals surface area contributed by atoms with Gasteiger partial charge >= 0.3 is 12.6 Å². The van der Waals surface area contributed by atoms with E-state index in [0.717, 1.165) is 0 Å². The number of hydrogen-bond acceptors (Lipinski definition) is 11. The van der Waals surface area contributed by atoms with Crippen molar-refractivity contribution in [1.82, 2.24) is 24.6 Å². The number of para-hydroxylation sites is 1. The lowest BCUT2D eigenvalue weighted by Crippen LogP contribution is -2.35. The van der Waals surface area contributed by atoms with Crippen molar-refractivity contribution in [3.63, 3.8) is 0 Å². The molecule has 0 unspecified atom stereocenters. The predicted molar refractivity (Wildman–Crippen MR) is 147 cm³/mol. The summed E-state index contributed by atoms with van der Waals surface area (Å²) >= 11 is 5.77. The van der Waals surface area contributed by atoms with Crippen molar-refractivity contribution >= 4 is 47.3 Å². The minimum Gasteiger partial charge on any atom is -0.465 e. The highest BCUT2D eigenvalue weighted by Crippen LogP contribution is 2.47. The van der Waals surface area contributed by atoms with Gasteiger partial charge in [0.25, 0.3) is 0 Å². The molecule has 1 saturated heterocycles. The molecular weight excluding hydrogens is 529 g/mol. The van der Waals surface area contributed by atoms with Crippen LogP contribution >= 0.6 is 6.64 Å². The summed E-state index contributed by atoms with van der Waals surface area (Å²) < 4.78 is 25.3. The Morgan fingerprint density at radius 2 is 2.16 bits per heavy atom. The standard InChI is InChI=1S/C24H30N7O5PS/c1-5-16-12-18(35-22(16)31-14-27-19-20(26-4)28-24(25)29-21(19)31)13-34-37(38,30-15(3)23(32)33-6-2)36-17-10-8-7-9-11-17/h1,7-11,14-16,18,22H,6,12-13H2,2-4H3,(H,30,38)(H3,25,26,28,29)/t15-,16-,18-,22+,37-/m0/s1. The average molecular weight is 560 g/mol. The van der Waals surface area contributed by atoms with Gasteiger partial charge < -0.3 is 29.6 Å². The number of carbonyl (C=O) groups excluding carboxylic acids is 1. The number of nitrogens with two attached hydrogens (primary N) is 1. The fourth-order valence-corrected chi connectivity index (χ4v) is 6.44. The first kappa shape index (κ1) is 27.8. The van der Waals surface area contributed by atoms with Gasteiger partial charge in [0, 0.05) is 7.05 Å². The second-order valence-electron chi connectivity index (χ2n) is 8.46. The number of aromatic nitrogens is 4. The molecule has 4 rings (SSSR count). The smallest absolute Gasteiger partial charge is 0.323 e. The molecule has 0 amide bonds. The topological polar surface area (TPSA) is 148 Å². The van der Waals surface area contributed by atoms with Gasteiger partial charge in [-0.1, -0.05) is 24.1 Å². The number of rotatable bonds is 11. The van der Waals surface area contributed by atoms with E-state index in [1.807, 2.05) is 18.2 Å². The number of terminal acetylenes is 1. The highest BCUT2D eigenvalue weighted by molar-refractivity contribution is 8.09. The Hall–Kier alpha value is -3.27. The van der Waals surface area contributed by atoms with Crippen molar-refractivity contribution in [2.45, 2.75) is 38.6 Å². The van der Waals surface area contributed by atoms with Gasteiger partial charge in [-0.25, -0.2) is 10.1 Å². The maximum absolute atomic E-state index is 12.3. The van der Waals surface area contributed by atoms with E-state index in [1.54, 1.807) is 43.9 Å². The molecule has 4 N–H and O–H groups in total. The van der Waals surface area contributed by atoms with Crippen LogP contribution in [0.15, 0.2) is 36.7 Å². The largest absolute Gasteiger partial charge is 0.465 e. The van der Waals surface area contributed by atoms with E-state index in [-0.39, 0.29) is 25.1 Å². The Bertz CT molecular complexity index is 1370. The van der Waals surface area contributed by atoms with Crippen molar-refractivity contribution in [1.29, 1.82) is 0 Å². The average Bonchev–Trinajstić information content (AvgIpc) is 3.51. The summed E-state index contributed by atoms with van der Waals surface area (Å²) in [5, 5.41) is 5.98. The summed E-state index contributed by atoms with van der Waals surface area (Å²) in [7, 11) is 1.72. The molecule has 0 radical (unpaired) electrons. The van der Waals surface area contributed by atoms with Crippen LogP contribution in [-0.2, 0) is 30.6 Å². The number of imidazole rings is 1. The summed E-state index contributed by atoms with van der Waals surface area (Å²) in [4.78, 5) is 25.2. The summed E-state index contributed by atoms with van der Waals surface area (Å²) in [6.07, 6.45) is 6.98. The maximum Gasteiger partial charge on any atom is 0.323 e. The van der Waals surface area contributed by atoms with Crippen molar-refractivity contribution < 1.29 is 23.3 Å². The van der Waals surface area contributed by atoms with Crippen LogP contribution < -0.4 is 20.7 Å². The molecule has 38 heavy (non-hydrogen) atoms. The third-order valence-electron chi connectivity index (χ3n) is 5.75. The SMILES string of the molecule is C#C[C@H]1C[C@@H](CO[P@@](=S)(N[C@@H](C)C(=O)OCC)Oc2ccccc2)O[C@H]1n1cnc2c(NC)nc(N)nc21. The number of nitrogen functional groups attached to an aromatic ring is 1. The van der Waals surface area contributed by atoms with Crippen LogP contribution in [0.1, 0.15) is 26.5 Å². The highest BCUT2D eigenvalue weighted by Gasteiger charge is 2.38. The van der Waals surface area contributed by atoms with Gasteiger partial charge in [0.15, 0.2) is 23.2 Å². The van der Waals surface area contributed by atoms with Gasteiger partial charge in [0.05, 0.1) is 31.6 Å². The minimum absolute atomic E-state index is 0.0762. The third kappa shape index (κ3) is 6.23. The van der Waals surface area contributed by atoms with Crippen molar-refractivity contribution in [3.05, 3.63) is 36.7 Å². The summed E-state index contributed by atoms with van der Waals surface area (Å²) in [6.45, 7) is 0.491. The number of nitrogens with one attached hydrogen (secondary N) is 2. The van der Waals surface area contributed by atoms with E-state index in [9.17, 15) is 4.79 Å². The van der Waals surface area contributed by atoms with Crippen molar-refractivity contribution in [3.8, 4) is 18.1 Å². The Morgan fingerprint density at radius 1 is 1.39 bits per heavy atom. The quantitative estimate of drug-likeness (QED) is 0.180. The van der Waals surface area contributed by atoms with Gasteiger partial charge in [0.2, 0.25) is 5.95 Å². The zero-order valence-electron chi connectivity index (χ0n) is 21.2. The number of esters is 1. The van der Waals surface area contributed by atoms with E-state index < -0.39 is 31.0 Å². The Balaban J connectivity index is 1.52. The van der Waals surface area contributed by atoms with Crippen LogP contribution in [0, 0.1) is 18.3 Å². The zero-order valence-corrected chi connectivity index (χ0v) is 22.9. The predicted octanol–water partition coefficient (Wildman–Crippen LogP) is 2.85. The van der Waals surface area contributed by atoms with E-state index in [4.69, 9.17) is 42.5 Å². The number of ether oxygens (including phenoxy) is 2. The molecule has 1 aliphatic rings. The number of hydrogen-bond donors (Lipinski definition) is 3. The number of anilines is 2. The van der Waals surface area contributed by atoms with E-state index >= 15 is 0 Å². The molecule has 202 valence electrons. The fraction of sp³-hybridized carbons (Fsp3) is 0.417. The first-order valence-electron chi connectivity index (χ1n) is 12.0. The lowest BCUT2D eigenvalue weighted by Gasteiger charge is -2.27. The first-order valence-corrected chi connectivity index (χ1v) is 14.6. The Kier molecular flexibility index (Phi) is 8.81. The number of fused-ring (bicyclic) bond motifs is 1. The third-order valence-corrected chi connectivity index (χ3v) is 8.25. The summed E-state index contributed by atoms with van der Waals surface area (Å²) in [6, 6.07) is 8.26. The molecule has 0 saturated carbocycles. The highest BCUT2D eigenvalue weighted by atomic mass is 32.5. The molecule has 1 aliphatic heterocycles. The molecule has 0 bridgehead atoms. The molecule has 14 heteroatoms. The van der Waals surface area contributed by atoms with Crippen LogP contribution in [0.5, 0.6) is 5.75 Å². The van der Waals surface area contributed by atoms with Crippen LogP contribution in [0.2, 0.25) is 0 Å². The number of nitrogens with zero attached hydrogens (tertiary/aromatic N) is 4. The van der Waals surface area contributed by atoms with Crippen molar-refractivity contribution in [2.24, 2.45) is 5.92 Å². The molecule has 0 aliphatic carbocycles. The van der Waals surface area contributed by atoms with E-state index in [0.29, 0.717) is 29.2 Å². The summed E-state index contributed by atoms with van der Waals surface area (Å²) in [5.74, 6) is 3.15. The van der Waals surface area contributed by atoms with E-state index in [2.05, 4.69) is 31.3 Å². The lowest BCUT2D eigenvalue weighted by molar-refractivity contribution is -0.144. The first-order chi connectivity index (χ1) is 18.3. The molecular formula is C24H30N7O5PS. The molecule has 0 spiro atoms. The number of carbonyl (C=O) groups is 1. The van der Waals surface area contributed by atoms with Crippen LogP contribution in [0.3, 0.4) is 0 Å². The maximum atomic E-state index is 12.3. The van der Waals surface area contributed by atoms with Gasteiger partial charge in [-0.2, -0.15) is 9.97 Å².